The molecule has 1 aromatic carbocycles. The molecular formula is C19H18F3N5O. The standard InChI is InChI=1S/C19H18F3N5O/c20-19(21,22)15-11-14(12-7-3-1-4-8-12)24-18-25-16(26-27(15)18)17(28)23-13-9-5-2-6-10-13/h1,3-4,7-8,11,13H,2,5-6,9-10H2,(H,23,28). The average molecular weight is 389 g/mol. The van der Waals surface area contributed by atoms with Crippen molar-refractivity contribution in [1.82, 2.24) is 24.9 Å². The predicted octanol–water partition coefficient (Wildman–Crippen LogP) is 3.87. The summed E-state index contributed by atoms with van der Waals surface area (Å²) in [4.78, 5) is 20.6. The van der Waals surface area contributed by atoms with E-state index < -0.39 is 17.8 Å². The average Bonchev–Trinajstić information content (AvgIpc) is 3.12. The Balaban J connectivity index is 1.74. The summed E-state index contributed by atoms with van der Waals surface area (Å²) >= 11 is 0. The second-order valence-corrected chi connectivity index (χ2v) is 6.85. The lowest BCUT2D eigenvalue weighted by atomic mass is 9.95. The molecule has 1 saturated carbocycles. The first-order valence-corrected chi connectivity index (χ1v) is 9.13. The molecule has 1 amide bonds. The minimum absolute atomic E-state index is 0.00258. The van der Waals surface area contributed by atoms with Gasteiger partial charge >= 0.3 is 6.18 Å². The van der Waals surface area contributed by atoms with E-state index in [4.69, 9.17) is 0 Å². The van der Waals surface area contributed by atoms with E-state index in [1.165, 1.54) is 0 Å². The Morgan fingerprint density at radius 3 is 2.46 bits per heavy atom. The maximum absolute atomic E-state index is 13.6. The third kappa shape index (κ3) is 3.69. The number of carbonyl (C=O) groups excluding carboxylic acids is 1. The molecule has 0 bridgehead atoms. The quantitative estimate of drug-likeness (QED) is 0.738. The number of fused-ring (bicyclic) bond motifs is 1. The van der Waals surface area contributed by atoms with Crippen LogP contribution in [0.4, 0.5) is 13.2 Å². The van der Waals surface area contributed by atoms with Crippen molar-refractivity contribution in [2.24, 2.45) is 0 Å². The predicted molar refractivity (Wildman–Crippen MR) is 95.6 cm³/mol. The van der Waals surface area contributed by atoms with Crippen molar-refractivity contribution in [2.75, 3.05) is 0 Å². The normalized spacial score (nSPS) is 15.7. The van der Waals surface area contributed by atoms with Gasteiger partial charge in [0.05, 0.1) is 5.69 Å². The van der Waals surface area contributed by atoms with E-state index >= 15 is 0 Å². The lowest BCUT2D eigenvalue weighted by Gasteiger charge is -2.21. The summed E-state index contributed by atoms with van der Waals surface area (Å²) in [6.45, 7) is 0. The molecule has 0 saturated heterocycles. The van der Waals surface area contributed by atoms with Crippen molar-refractivity contribution >= 4 is 11.7 Å². The molecule has 6 nitrogen and oxygen atoms in total. The van der Waals surface area contributed by atoms with Crippen molar-refractivity contribution in [2.45, 2.75) is 44.3 Å². The molecule has 3 aromatic rings. The zero-order valence-electron chi connectivity index (χ0n) is 14.9. The maximum Gasteiger partial charge on any atom is 0.433 e. The Morgan fingerprint density at radius 1 is 1.07 bits per heavy atom. The van der Waals surface area contributed by atoms with Gasteiger partial charge in [-0.15, -0.1) is 5.10 Å². The monoisotopic (exact) mass is 389 g/mol. The molecule has 146 valence electrons. The van der Waals surface area contributed by atoms with Crippen molar-refractivity contribution in [1.29, 1.82) is 0 Å². The fraction of sp³-hybridized carbons (Fsp3) is 0.368. The van der Waals surface area contributed by atoms with E-state index in [2.05, 4.69) is 20.4 Å². The molecule has 1 aliphatic rings. The molecule has 28 heavy (non-hydrogen) atoms. The van der Waals surface area contributed by atoms with Crippen LogP contribution in [-0.2, 0) is 6.18 Å². The third-order valence-electron chi connectivity index (χ3n) is 4.82. The minimum Gasteiger partial charge on any atom is -0.347 e. The number of rotatable bonds is 3. The molecule has 1 fully saturated rings. The number of nitrogens with zero attached hydrogens (tertiary/aromatic N) is 4. The maximum atomic E-state index is 13.6. The zero-order valence-corrected chi connectivity index (χ0v) is 14.9. The van der Waals surface area contributed by atoms with Gasteiger partial charge in [-0.1, -0.05) is 49.6 Å². The molecule has 1 aliphatic carbocycles. The van der Waals surface area contributed by atoms with Crippen LogP contribution in [0, 0.1) is 0 Å². The molecule has 4 rings (SSSR count). The number of halogens is 3. The summed E-state index contributed by atoms with van der Waals surface area (Å²) in [5.74, 6) is -1.15. The second-order valence-electron chi connectivity index (χ2n) is 6.85. The van der Waals surface area contributed by atoms with Gasteiger partial charge in [-0.05, 0) is 18.9 Å². The van der Waals surface area contributed by atoms with Gasteiger partial charge in [-0.25, -0.2) is 4.98 Å². The Kier molecular flexibility index (Phi) is 4.74. The molecule has 0 aliphatic heterocycles. The van der Waals surface area contributed by atoms with Crippen LogP contribution < -0.4 is 5.32 Å². The molecule has 2 aromatic heterocycles. The van der Waals surface area contributed by atoms with Crippen molar-refractivity contribution < 1.29 is 18.0 Å². The summed E-state index contributed by atoms with van der Waals surface area (Å²) in [6, 6.07) is 9.42. The first kappa shape index (κ1) is 18.4. The molecule has 0 unspecified atom stereocenters. The van der Waals surface area contributed by atoms with E-state index in [0.29, 0.717) is 10.1 Å². The fourth-order valence-corrected chi connectivity index (χ4v) is 3.42. The molecule has 2 heterocycles. The van der Waals surface area contributed by atoms with Gasteiger partial charge in [0.2, 0.25) is 5.82 Å². The molecular weight excluding hydrogens is 371 g/mol. The highest BCUT2D eigenvalue weighted by Gasteiger charge is 2.36. The number of hydrogen-bond acceptors (Lipinski definition) is 4. The van der Waals surface area contributed by atoms with Crippen LogP contribution in [-0.4, -0.2) is 31.5 Å². The Labute approximate surface area is 158 Å². The summed E-state index contributed by atoms with van der Waals surface area (Å²) in [5, 5.41) is 6.60. The van der Waals surface area contributed by atoms with Crippen LogP contribution in [0.2, 0.25) is 0 Å². The number of aromatic nitrogens is 4. The topological polar surface area (TPSA) is 72.2 Å². The number of carbonyl (C=O) groups is 1. The lowest BCUT2D eigenvalue weighted by Crippen LogP contribution is -2.36. The highest BCUT2D eigenvalue weighted by molar-refractivity contribution is 5.91. The van der Waals surface area contributed by atoms with Crippen LogP contribution in [0.25, 0.3) is 17.0 Å². The second kappa shape index (κ2) is 7.21. The molecule has 9 heteroatoms. The number of hydrogen-bond donors (Lipinski definition) is 1. The van der Waals surface area contributed by atoms with E-state index in [0.717, 1.165) is 38.2 Å². The first-order chi connectivity index (χ1) is 13.4. The summed E-state index contributed by atoms with van der Waals surface area (Å²) in [6.07, 6.45) is 0.190. The van der Waals surface area contributed by atoms with Gasteiger partial charge in [-0.3, -0.25) is 4.79 Å². The van der Waals surface area contributed by atoms with Gasteiger partial charge < -0.3 is 5.32 Å². The Bertz CT molecular complexity index is 994. The Hall–Kier alpha value is -2.97. The van der Waals surface area contributed by atoms with E-state index in [1.54, 1.807) is 30.3 Å². The van der Waals surface area contributed by atoms with Crippen molar-refractivity contribution in [3.05, 3.63) is 47.9 Å². The SMILES string of the molecule is O=C(NC1CCCCC1)c1nc2nc(-c3ccccc3)cc(C(F)(F)F)n2n1. The highest BCUT2D eigenvalue weighted by Crippen LogP contribution is 2.31. The lowest BCUT2D eigenvalue weighted by molar-refractivity contribution is -0.142. The van der Waals surface area contributed by atoms with Gasteiger partial charge in [0.25, 0.3) is 11.7 Å². The van der Waals surface area contributed by atoms with Gasteiger partial charge in [0.1, 0.15) is 0 Å². The molecule has 0 atom stereocenters. The smallest absolute Gasteiger partial charge is 0.347 e. The minimum atomic E-state index is -4.67. The fourth-order valence-electron chi connectivity index (χ4n) is 3.42. The summed E-state index contributed by atoms with van der Waals surface area (Å²) in [5.41, 5.74) is -0.389. The van der Waals surface area contributed by atoms with Crippen LogP contribution in [0.5, 0.6) is 0 Å². The van der Waals surface area contributed by atoms with Gasteiger partial charge in [0.15, 0.2) is 5.69 Å². The largest absolute Gasteiger partial charge is 0.433 e. The molecule has 0 radical (unpaired) electrons. The Morgan fingerprint density at radius 2 is 1.79 bits per heavy atom. The summed E-state index contributed by atoms with van der Waals surface area (Å²) < 4.78 is 41.3. The molecule has 1 N–H and O–H groups in total. The van der Waals surface area contributed by atoms with Crippen LogP contribution in [0.15, 0.2) is 36.4 Å². The van der Waals surface area contributed by atoms with E-state index in [9.17, 15) is 18.0 Å². The van der Waals surface area contributed by atoms with Crippen LogP contribution in [0.3, 0.4) is 0 Å². The van der Waals surface area contributed by atoms with Crippen LogP contribution >= 0.6 is 0 Å². The highest BCUT2D eigenvalue weighted by atomic mass is 19.4. The van der Waals surface area contributed by atoms with Gasteiger partial charge in [0, 0.05) is 11.6 Å². The number of alkyl halides is 3. The number of amides is 1. The third-order valence-corrected chi connectivity index (χ3v) is 4.82. The zero-order chi connectivity index (χ0) is 19.7. The molecule has 0 spiro atoms. The number of nitrogens with one attached hydrogen (secondary N) is 1. The first-order valence-electron chi connectivity index (χ1n) is 9.13. The van der Waals surface area contributed by atoms with Gasteiger partial charge in [-0.2, -0.15) is 22.7 Å². The number of benzene rings is 1. The van der Waals surface area contributed by atoms with Crippen LogP contribution in [0.1, 0.15) is 48.4 Å². The summed E-state index contributed by atoms with van der Waals surface area (Å²) in [7, 11) is 0. The van der Waals surface area contributed by atoms with E-state index in [-0.39, 0.29) is 23.3 Å². The van der Waals surface area contributed by atoms with Crippen molar-refractivity contribution in [3.8, 4) is 11.3 Å². The van der Waals surface area contributed by atoms with Crippen molar-refractivity contribution in [3.63, 3.8) is 0 Å². The van der Waals surface area contributed by atoms with E-state index in [1.807, 2.05) is 0 Å².